The monoisotopic (exact) mass is 296 g/mol. The predicted molar refractivity (Wildman–Crippen MR) is 73.5 cm³/mol. The van der Waals surface area contributed by atoms with Gasteiger partial charge in [0.1, 0.15) is 12.4 Å². The Bertz CT molecular complexity index is 509. The molecule has 1 aliphatic heterocycles. The van der Waals surface area contributed by atoms with Crippen molar-refractivity contribution in [2.45, 2.75) is 19.5 Å². The molecule has 0 radical (unpaired) electrons. The maximum Gasteiger partial charge on any atom is 0.320 e. The Kier molecular flexibility index (Phi) is 4.73. The molecule has 2 heterocycles. The van der Waals surface area contributed by atoms with Crippen LogP contribution in [0.3, 0.4) is 0 Å². The zero-order valence-corrected chi connectivity index (χ0v) is 12.2. The van der Waals surface area contributed by atoms with Crippen LogP contribution in [0.2, 0.25) is 0 Å². The molecule has 1 aromatic rings. The predicted octanol–water partition coefficient (Wildman–Crippen LogP) is -0.885. The number of amides is 2. The maximum atomic E-state index is 12.0. The molecule has 0 aromatic carbocycles. The molecule has 1 fully saturated rings. The third-order valence-corrected chi connectivity index (χ3v) is 3.71. The van der Waals surface area contributed by atoms with Gasteiger partial charge in [-0.25, -0.2) is 4.79 Å². The first-order valence-electron chi connectivity index (χ1n) is 6.81. The standard InChI is InChI=1S/C12H20N6O3/c1-9(11(19)20)17-3-5-18(6-4-17)12(21)13-7-10-15-14-8-16(10)2/h8-9H,3-7H2,1-2H3,(H,13,21)(H,19,20). The summed E-state index contributed by atoms with van der Waals surface area (Å²) in [6, 6.07) is -0.686. The van der Waals surface area contributed by atoms with E-state index in [0.717, 1.165) is 0 Å². The number of carboxylic acids is 1. The Morgan fingerprint density at radius 1 is 1.38 bits per heavy atom. The zero-order chi connectivity index (χ0) is 15.4. The van der Waals surface area contributed by atoms with Crippen molar-refractivity contribution in [3.8, 4) is 0 Å². The minimum absolute atomic E-state index is 0.166. The summed E-state index contributed by atoms with van der Waals surface area (Å²) in [4.78, 5) is 26.5. The number of carbonyl (C=O) groups is 2. The second-order valence-corrected chi connectivity index (χ2v) is 5.05. The average Bonchev–Trinajstić information content (AvgIpc) is 2.89. The lowest BCUT2D eigenvalue weighted by Crippen LogP contribution is -2.55. The van der Waals surface area contributed by atoms with Gasteiger partial charge in [-0.3, -0.25) is 9.69 Å². The van der Waals surface area contributed by atoms with Crippen molar-refractivity contribution >= 4 is 12.0 Å². The van der Waals surface area contributed by atoms with E-state index >= 15 is 0 Å². The molecule has 1 saturated heterocycles. The fourth-order valence-electron chi connectivity index (χ4n) is 2.20. The molecule has 0 aliphatic carbocycles. The smallest absolute Gasteiger partial charge is 0.320 e. The minimum atomic E-state index is -0.838. The van der Waals surface area contributed by atoms with Crippen molar-refractivity contribution in [1.82, 2.24) is 29.9 Å². The highest BCUT2D eigenvalue weighted by molar-refractivity contribution is 5.74. The quantitative estimate of drug-likeness (QED) is 0.747. The Hall–Kier alpha value is -2.16. The highest BCUT2D eigenvalue weighted by atomic mass is 16.4. The first kappa shape index (κ1) is 15.2. The Balaban J connectivity index is 1.78. The number of urea groups is 1. The molecule has 9 nitrogen and oxygen atoms in total. The van der Waals surface area contributed by atoms with E-state index in [1.54, 1.807) is 22.7 Å². The molecule has 0 saturated carbocycles. The van der Waals surface area contributed by atoms with Crippen LogP contribution in [0, 0.1) is 0 Å². The summed E-state index contributed by atoms with van der Waals surface area (Å²) in [7, 11) is 1.81. The van der Waals surface area contributed by atoms with Gasteiger partial charge in [0, 0.05) is 33.2 Å². The second-order valence-electron chi connectivity index (χ2n) is 5.05. The van der Waals surface area contributed by atoms with E-state index in [2.05, 4.69) is 15.5 Å². The number of aromatic nitrogens is 3. The van der Waals surface area contributed by atoms with Gasteiger partial charge in [-0.2, -0.15) is 0 Å². The van der Waals surface area contributed by atoms with Gasteiger partial charge in [0.2, 0.25) is 0 Å². The summed E-state index contributed by atoms with van der Waals surface area (Å²) in [5, 5.41) is 19.4. The van der Waals surface area contributed by atoms with Crippen molar-refractivity contribution in [2.24, 2.45) is 7.05 Å². The number of aryl methyl sites for hydroxylation is 1. The molecule has 1 aliphatic rings. The summed E-state index contributed by atoms with van der Waals surface area (Å²) in [6.07, 6.45) is 1.58. The van der Waals surface area contributed by atoms with Crippen LogP contribution in [0.25, 0.3) is 0 Å². The summed E-state index contributed by atoms with van der Waals surface area (Å²) in [6.45, 7) is 4.13. The van der Waals surface area contributed by atoms with Crippen molar-refractivity contribution in [3.05, 3.63) is 12.2 Å². The van der Waals surface area contributed by atoms with Crippen LogP contribution in [0.4, 0.5) is 4.79 Å². The van der Waals surface area contributed by atoms with Crippen molar-refractivity contribution in [2.75, 3.05) is 26.2 Å². The number of piperazine rings is 1. The Labute approximate surface area is 122 Å². The van der Waals surface area contributed by atoms with Gasteiger partial charge >= 0.3 is 12.0 Å². The van der Waals surface area contributed by atoms with E-state index < -0.39 is 12.0 Å². The van der Waals surface area contributed by atoms with Gasteiger partial charge in [0.25, 0.3) is 0 Å². The zero-order valence-electron chi connectivity index (χ0n) is 12.2. The highest BCUT2D eigenvalue weighted by Crippen LogP contribution is 2.07. The number of rotatable bonds is 4. The fourth-order valence-corrected chi connectivity index (χ4v) is 2.20. The summed E-state index contributed by atoms with van der Waals surface area (Å²) < 4.78 is 1.74. The molecule has 2 rings (SSSR count). The summed E-state index contributed by atoms with van der Waals surface area (Å²) >= 11 is 0. The van der Waals surface area contributed by atoms with Crippen LogP contribution in [0.1, 0.15) is 12.7 Å². The van der Waals surface area contributed by atoms with Gasteiger partial charge in [-0.05, 0) is 6.92 Å². The van der Waals surface area contributed by atoms with E-state index in [9.17, 15) is 9.59 Å². The van der Waals surface area contributed by atoms with Crippen LogP contribution in [0.5, 0.6) is 0 Å². The van der Waals surface area contributed by atoms with Gasteiger partial charge in [-0.1, -0.05) is 0 Å². The molecule has 0 bridgehead atoms. The molecular formula is C12H20N6O3. The summed E-state index contributed by atoms with van der Waals surface area (Å²) in [5.41, 5.74) is 0. The number of hydrogen-bond acceptors (Lipinski definition) is 5. The molecule has 2 N–H and O–H groups in total. The molecule has 21 heavy (non-hydrogen) atoms. The molecule has 1 aromatic heterocycles. The molecule has 9 heteroatoms. The lowest BCUT2D eigenvalue weighted by Gasteiger charge is -2.36. The van der Waals surface area contributed by atoms with E-state index in [4.69, 9.17) is 5.11 Å². The van der Waals surface area contributed by atoms with Crippen molar-refractivity contribution < 1.29 is 14.7 Å². The molecule has 1 atom stereocenters. The minimum Gasteiger partial charge on any atom is -0.480 e. The van der Waals surface area contributed by atoms with Gasteiger partial charge in [-0.15, -0.1) is 10.2 Å². The maximum absolute atomic E-state index is 12.0. The number of hydrogen-bond donors (Lipinski definition) is 2. The lowest BCUT2D eigenvalue weighted by atomic mass is 10.2. The third-order valence-electron chi connectivity index (χ3n) is 3.71. The van der Waals surface area contributed by atoms with Crippen LogP contribution in [-0.4, -0.2) is 73.9 Å². The third kappa shape index (κ3) is 3.69. The molecular weight excluding hydrogens is 276 g/mol. The average molecular weight is 296 g/mol. The number of nitrogens with one attached hydrogen (secondary N) is 1. The largest absolute Gasteiger partial charge is 0.480 e. The highest BCUT2D eigenvalue weighted by Gasteiger charge is 2.27. The SMILES string of the molecule is CC(C(=O)O)N1CCN(C(=O)NCc2nncn2C)CC1. The molecule has 1 unspecified atom stereocenters. The lowest BCUT2D eigenvalue weighted by molar-refractivity contribution is -0.143. The molecule has 116 valence electrons. The van der Waals surface area contributed by atoms with Crippen molar-refractivity contribution in [3.63, 3.8) is 0 Å². The molecule has 0 spiro atoms. The topological polar surface area (TPSA) is 104 Å². The first-order valence-corrected chi connectivity index (χ1v) is 6.81. The van der Waals surface area contributed by atoms with Crippen LogP contribution < -0.4 is 5.32 Å². The van der Waals surface area contributed by atoms with Crippen LogP contribution >= 0.6 is 0 Å². The van der Waals surface area contributed by atoms with E-state index in [-0.39, 0.29) is 6.03 Å². The van der Waals surface area contributed by atoms with Gasteiger partial charge < -0.3 is 19.9 Å². The summed E-state index contributed by atoms with van der Waals surface area (Å²) in [5.74, 6) is -0.156. The van der Waals surface area contributed by atoms with Crippen molar-refractivity contribution in [1.29, 1.82) is 0 Å². The number of nitrogens with zero attached hydrogens (tertiary/aromatic N) is 5. The van der Waals surface area contributed by atoms with Crippen LogP contribution in [-0.2, 0) is 18.4 Å². The first-order chi connectivity index (χ1) is 9.99. The normalized spacial score (nSPS) is 17.5. The number of carboxylic acid groups (broad SMARTS) is 1. The Morgan fingerprint density at radius 3 is 2.57 bits per heavy atom. The number of carbonyl (C=O) groups excluding carboxylic acids is 1. The number of aliphatic carboxylic acids is 1. The van der Waals surface area contributed by atoms with E-state index in [1.165, 1.54) is 0 Å². The van der Waals surface area contributed by atoms with Gasteiger partial charge in [0.05, 0.1) is 6.54 Å². The Morgan fingerprint density at radius 2 is 2.05 bits per heavy atom. The van der Waals surface area contributed by atoms with E-state index in [0.29, 0.717) is 38.5 Å². The fraction of sp³-hybridized carbons (Fsp3) is 0.667. The second kappa shape index (κ2) is 6.53. The van der Waals surface area contributed by atoms with E-state index in [1.807, 2.05) is 11.9 Å². The van der Waals surface area contributed by atoms with Crippen LogP contribution in [0.15, 0.2) is 6.33 Å². The molecule has 2 amide bonds. The van der Waals surface area contributed by atoms with Gasteiger partial charge in [0.15, 0.2) is 5.82 Å².